The van der Waals surface area contributed by atoms with Crippen LogP contribution in [0.3, 0.4) is 0 Å². The number of alkyl halides is 2. The second-order valence-corrected chi connectivity index (χ2v) is 9.79. The van der Waals surface area contributed by atoms with E-state index in [2.05, 4.69) is 13.8 Å². The Bertz CT molecular complexity index is 394. The summed E-state index contributed by atoms with van der Waals surface area (Å²) >= 11 is 17.6. The van der Waals surface area contributed by atoms with Crippen LogP contribution >= 0.6 is 34.8 Å². The Labute approximate surface area is 169 Å². The fourth-order valence-corrected chi connectivity index (χ4v) is 3.49. The van der Waals surface area contributed by atoms with Gasteiger partial charge in [-0.1, -0.05) is 79.1 Å². The van der Waals surface area contributed by atoms with E-state index in [4.69, 9.17) is 34.8 Å². The summed E-state index contributed by atoms with van der Waals surface area (Å²) in [4.78, 5) is 22.0. The van der Waals surface area contributed by atoms with E-state index >= 15 is 0 Å². The molecule has 0 saturated carbocycles. The van der Waals surface area contributed by atoms with Crippen LogP contribution in [0.4, 0.5) is 0 Å². The first-order valence-electron chi connectivity index (χ1n) is 9.47. The summed E-state index contributed by atoms with van der Waals surface area (Å²) in [5, 5.41) is -1.45. The topological polar surface area (TPSA) is 34.1 Å². The minimum absolute atomic E-state index is 0.110. The van der Waals surface area contributed by atoms with Gasteiger partial charge < -0.3 is 4.79 Å². The molecule has 148 valence electrons. The van der Waals surface area contributed by atoms with Crippen molar-refractivity contribution in [3.8, 4) is 0 Å². The lowest BCUT2D eigenvalue weighted by molar-refractivity contribution is -0.113. The lowest BCUT2D eigenvalue weighted by atomic mass is 9.83. The summed E-state index contributed by atoms with van der Waals surface area (Å²) in [5.74, 6) is 0. The highest BCUT2D eigenvalue weighted by atomic mass is 35.5. The third-order valence-corrected chi connectivity index (χ3v) is 6.96. The molecule has 0 aromatic heterocycles. The van der Waals surface area contributed by atoms with Crippen LogP contribution in [0.2, 0.25) is 0 Å². The normalized spacial score (nSPS) is 15.0. The third-order valence-electron chi connectivity index (χ3n) is 5.14. The fraction of sp³-hybridized carbons (Fsp3) is 0.900. The molecule has 0 saturated heterocycles. The van der Waals surface area contributed by atoms with Crippen LogP contribution in [-0.4, -0.2) is 22.3 Å². The van der Waals surface area contributed by atoms with Crippen molar-refractivity contribution in [2.45, 2.75) is 103 Å². The SMILES string of the molecule is CC(C)(CCCCCCCCCCC(C)(C)C(Cl)C(=O)Cl)C(Cl)C=O. The van der Waals surface area contributed by atoms with Gasteiger partial charge in [-0.15, -0.1) is 23.2 Å². The van der Waals surface area contributed by atoms with E-state index in [0.717, 1.165) is 32.0 Å². The molecule has 0 radical (unpaired) electrons. The first kappa shape index (κ1) is 25.2. The Kier molecular flexibility index (Phi) is 12.7. The summed E-state index contributed by atoms with van der Waals surface area (Å²) in [7, 11) is 0. The molecule has 0 N–H and O–H groups in total. The van der Waals surface area contributed by atoms with E-state index in [9.17, 15) is 9.59 Å². The van der Waals surface area contributed by atoms with Crippen LogP contribution in [0.5, 0.6) is 0 Å². The lowest BCUT2D eigenvalue weighted by Gasteiger charge is -2.27. The number of aldehydes is 1. The number of carbonyl (C=O) groups is 2. The van der Waals surface area contributed by atoms with Gasteiger partial charge in [-0.3, -0.25) is 4.79 Å². The van der Waals surface area contributed by atoms with Gasteiger partial charge in [-0.05, 0) is 35.3 Å². The number of hydrogen-bond acceptors (Lipinski definition) is 2. The number of unbranched alkanes of at least 4 members (excludes halogenated alkanes) is 7. The molecule has 2 atom stereocenters. The zero-order valence-corrected chi connectivity index (χ0v) is 18.5. The summed E-state index contributed by atoms with van der Waals surface area (Å²) in [6.45, 7) is 8.12. The molecule has 0 spiro atoms. The van der Waals surface area contributed by atoms with Crippen molar-refractivity contribution in [3.63, 3.8) is 0 Å². The molecular formula is C20H35Cl3O2. The molecule has 25 heavy (non-hydrogen) atoms. The Hall–Kier alpha value is 0.210. The number of hydrogen-bond donors (Lipinski definition) is 0. The maximum absolute atomic E-state index is 11.2. The first-order chi connectivity index (χ1) is 11.5. The number of halogens is 3. The quantitative estimate of drug-likeness (QED) is 0.124. The molecule has 0 aromatic rings. The maximum atomic E-state index is 11.2. The van der Waals surface area contributed by atoms with E-state index in [1.165, 1.54) is 38.5 Å². The van der Waals surface area contributed by atoms with E-state index in [-0.39, 0.29) is 10.8 Å². The van der Waals surface area contributed by atoms with Gasteiger partial charge in [-0.2, -0.15) is 0 Å². The molecule has 0 aliphatic heterocycles. The van der Waals surface area contributed by atoms with Crippen molar-refractivity contribution in [2.75, 3.05) is 0 Å². The summed E-state index contributed by atoms with van der Waals surface area (Å²) < 4.78 is 0. The Morgan fingerprint density at radius 1 is 0.800 bits per heavy atom. The van der Waals surface area contributed by atoms with Crippen molar-refractivity contribution in [3.05, 3.63) is 0 Å². The van der Waals surface area contributed by atoms with Gasteiger partial charge >= 0.3 is 0 Å². The maximum Gasteiger partial charge on any atom is 0.240 e. The predicted molar refractivity (Wildman–Crippen MR) is 110 cm³/mol. The molecule has 0 aromatic carbocycles. The second kappa shape index (κ2) is 12.6. The van der Waals surface area contributed by atoms with Crippen LogP contribution < -0.4 is 0 Å². The average Bonchev–Trinajstić information content (AvgIpc) is 2.54. The van der Waals surface area contributed by atoms with E-state index in [1.807, 2.05) is 13.8 Å². The van der Waals surface area contributed by atoms with E-state index in [0.29, 0.717) is 0 Å². The Morgan fingerprint density at radius 2 is 1.16 bits per heavy atom. The highest BCUT2D eigenvalue weighted by molar-refractivity contribution is 6.69. The monoisotopic (exact) mass is 412 g/mol. The van der Waals surface area contributed by atoms with E-state index < -0.39 is 16.0 Å². The molecule has 2 unspecified atom stereocenters. The Morgan fingerprint density at radius 3 is 1.52 bits per heavy atom. The van der Waals surface area contributed by atoms with Gasteiger partial charge in [0.2, 0.25) is 5.24 Å². The molecule has 0 bridgehead atoms. The first-order valence-corrected chi connectivity index (χ1v) is 10.7. The van der Waals surface area contributed by atoms with Gasteiger partial charge in [0.1, 0.15) is 11.7 Å². The van der Waals surface area contributed by atoms with Crippen LogP contribution in [0.1, 0.15) is 91.9 Å². The summed E-state index contributed by atoms with van der Waals surface area (Å²) in [6.07, 6.45) is 12.3. The predicted octanol–water partition coefficient (Wildman–Crippen LogP) is 7.12. The molecule has 2 nitrogen and oxygen atoms in total. The standard InChI is InChI=1S/C20H35Cl3O2/c1-19(2,16(21)15-24)13-11-9-7-5-6-8-10-12-14-20(3,4)17(22)18(23)25/h15-17H,5-14H2,1-4H3. The van der Waals surface area contributed by atoms with Crippen molar-refractivity contribution in [2.24, 2.45) is 10.8 Å². The highest BCUT2D eigenvalue weighted by Gasteiger charge is 2.31. The molecular weight excluding hydrogens is 379 g/mol. The molecule has 0 fully saturated rings. The Balaban J connectivity index is 3.63. The van der Waals surface area contributed by atoms with Crippen LogP contribution in [0, 0.1) is 10.8 Å². The summed E-state index contributed by atoms with van der Waals surface area (Å²) in [6, 6.07) is 0. The molecule has 0 rings (SSSR count). The summed E-state index contributed by atoms with van der Waals surface area (Å²) in [5.41, 5.74) is -0.351. The average molecular weight is 414 g/mol. The van der Waals surface area contributed by atoms with Crippen molar-refractivity contribution < 1.29 is 9.59 Å². The molecule has 5 heteroatoms. The third kappa shape index (κ3) is 10.8. The highest BCUT2D eigenvalue weighted by Crippen LogP contribution is 2.33. The minimum atomic E-state index is -0.606. The number of carbonyl (C=O) groups excluding carboxylic acids is 2. The number of rotatable bonds is 15. The molecule has 0 amide bonds. The smallest absolute Gasteiger partial charge is 0.240 e. The molecule has 0 heterocycles. The van der Waals surface area contributed by atoms with Gasteiger partial charge in [0.15, 0.2) is 0 Å². The largest absolute Gasteiger partial charge is 0.302 e. The van der Waals surface area contributed by atoms with Crippen LogP contribution in [0.15, 0.2) is 0 Å². The fourth-order valence-electron chi connectivity index (χ4n) is 2.98. The molecule has 0 aliphatic carbocycles. The zero-order chi connectivity index (χ0) is 19.5. The minimum Gasteiger partial charge on any atom is -0.302 e. The van der Waals surface area contributed by atoms with Crippen LogP contribution in [-0.2, 0) is 9.59 Å². The van der Waals surface area contributed by atoms with Crippen molar-refractivity contribution in [1.29, 1.82) is 0 Å². The second-order valence-electron chi connectivity index (χ2n) is 8.51. The lowest BCUT2D eigenvalue weighted by Crippen LogP contribution is -2.29. The van der Waals surface area contributed by atoms with Crippen molar-refractivity contribution in [1.82, 2.24) is 0 Å². The van der Waals surface area contributed by atoms with Gasteiger partial charge in [0.25, 0.3) is 0 Å². The van der Waals surface area contributed by atoms with Gasteiger partial charge in [0, 0.05) is 0 Å². The van der Waals surface area contributed by atoms with Crippen LogP contribution in [0.25, 0.3) is 0 Å². The van der Waals surface area contributed by atoms with Gasteiger partial charge in [0.05, 0.1) is 5.38 Å². The van der Waals surface area contributed by atoms with Crippen molar-refractivity contribution >= 4 is 46.3 Å². The van der Waals surface area contributed by atoms with Gasteiger partial charge in [-0.25, -0.2) is 0 Å². The molecule has 0 aliphatic rings. The zero-order valence-electron chi connectivity index (χ0n) is 16.3. The van der Waals surface area contributed by atoms with E-state index in [1.54, 1.807) is 0 Å².